The Morgan fingerprint density at radius 1 is 1.31 bits per heavy atom. The molecular formula is C11H13NS. The number of hydrogen-bond acceptors (Lipinski definition) is 2. The molecule has 2 heteroatoms. The van der Waals surface area contributed by atoms with E-state index in [0.29, 0.717) is 5.92 Å². The Balaban J connectivity index is 2.62. The van der Waals surface area contributed by atoms with E-state index in [1.54, 1.807) is 0 Å². The van der Waals surface area contributed by atoms with Crippen LogP contribution in [0.1, 0.15) is 30.3 Å². The molecule has 13 heavy (non-hydrogen) atoms. The number of pyridine rings is 1. The van der Waals surface area contributed by atoms with E-state index >= 15 is 0 Å². The van der Waals surface area contributed by atoms with Crippen molar-refractivity contribution in [2.45, 2.75) is 26.7 Å². The van der Waals surface area contributed by atoms with Crippen LogP contribution in [0.25, 0.3) is 10.2 Å². The Morgan fingerprint density at radius 2 is 2.08 bits per heavy atom. The van der Waals surface area contributed by atoms with E-state index < -0.39 is 0 Å². The topological polar surface area (TPSA) is 12.9 Å². The molecule has 2 heterocycles. The molecule has 0 fully saturated rings. The van der Waals surface area contributed by atoms with Gasteiger partial charge in [-0.3, -0.25) is 4.98 Å². The van der Waals surface area contributed by atoms with E-state index in [1.165, 1.54) is 9.58 Å². The molecule has 0 aliphatic heterocycles. The number of rotatable bonds is 1. The zero-order valence-corrected chi connectivity index (χ0v) is 8.98. The second-order valence-electron chi connectivity index (χ2n) is 3.64. The molecule has 0 aliphatic carbocycles. The van der Waals surface area contributed by atoms with Gasteiger partial charge in [-0.25, -0.2) is 0 Å². The molecule has 2 rings (SSSR count). The van der Waals surface area contributed by atoms with Gasteiger partial charge in [0, 0.05) is 10.6 Å². The van der Waals surface area contributed by atoms with E-state index in [1.807, 2.05) is 18.3 Å². The summed E-state index contributed by atoms with van der Waals surface area (Å²) < 4.78 is 1.30. The van der Waals surface area contributed by atoms with Crippen LogP contribution in [0.15, 0.2) is 18.2 Å². The maximum Gasteiger partial charge on any atom is 0.0815 e. The van der Waals surface area contributed by atoms with Crippen molar-refractivity contribution in [3.8, 4) is 0 Å². The molecule has 2 aromatic rings. The van der Waals surface area contributed by atoms with Gasteiger partial charge >= 0.3 is 0 Å². The third kappa shape index (κ3) is 1.59. The fourth-order valence-electron chi connectivity index (χ4n) is 1.33. The van der Waals surface area contributed by atoms with Crippen molar-refractivity contribution in [3.63, 3.8) is 0 Å². The second-order valence-corrected chi connectivity index (χ2v) is 4.75. The molecule has 0 amide bonds. The summed E-state index contributed by atoms with van der Waals surface area (Å²) in [5, 5.41) is 0. The van der Waals surface area contributed by atoms with Crippen LogP contribution in [-0.4, -0.2) is 4.98 Å². The zero-order valence-electron chi connectivity index (χ0n) is 8.16. The molecular weight excluding hydrogens is 178 g/mol. The lowest BCUT2D eigenvalue weighted by Crippen LogP contribution is -1.79. The third-order valence-electron chi connectivity index (χ3n) is 2.10. The van der Waals surface area contributed by atoms with Crippen molar-refractivity contribution in [2.24, 2.45) is 0 Å². The van der Waals surface area contributed by atoms with E-state index in [2.05, 4.69) is 37.0 Å². The number of nitrogens with zero attached hydrogens (tertiary/aromatic N) is 1. The fraction of sp³-hybridized carbons (Fsp3) is 0.364. The monoisotopic (exact) mass is 191 g/mol. The molecule has 1 nitrogen and oxygen atoms in total. The van der Waals surface area contributed by atoms with Gasteiger partial charge in [-0.1, -0.05) is 13.8 Å². The normalized spacial score (nSPS) is 11.4. The van der Waals surface area contributed by atoms with Gasteiger partial charge < -0.3 is 0 Å². The molecule has 0 N–H and O–H groups in total. The first-order chi connectivity index (χ1) is 6.16. The Morgan fingerprint density at radius 3 is 2.77 bits per heavy atom. The Hall–Kier alpha value is -0.890. The maximum atomic E-state index is 4.49. The first-order valence-electron chi connectivity index (χ1n) is 4.54. The molecule has 0 aromatic carbocycles. The smallest absolute Gasteiger partial charge is 0.0815 e. The van der Waals surface area contributed by atoms with Crippen LogP contribution in [0, 0.1) is 6.92 Å². The first-order valence-corrected chi connectivity index (χ1v) is 5.35. The molecule has 0 unspecified atom stereocenters. The van der Waals surface area contributed by atoms with Crippen LogP contribution >= 0.6 is 11.3 Å². The molecule has 0 saturated heterocycles. The summed E-state index contributed by atoms with van der Waals surface area (Å²) in [5.41, 5.74) is 2.24. The predicted molar refractivity (Wildman–Crippen MR) is 58.4 cm³/mol. The average Bonchev–Trinajstić information content (AvgIpc) is 2.46. The molecule has 0 bridgehead atoms. The van der Waals surface area contributed by atoms with Crippen molar-refractivity contribution in [3.05, 3.63) is 28.8 Å². The number of aryl methyl sites for hydroxylation is 1. The zero-order chi connectivity index (χ0) is 9.42. The fourth-order valence-corrected chi connectivity index (χ4v) is 2.33. The van der Waals surface area contributed by atoms with E-state index in [-0.39, 0.29) is 0 Å². The van der Waals surface area contributed by atoms with Crippen LogP contribution < -0.4 is 0 Å². The summed E-state index contributed by atoms with van der Waals surface area (Å²) in [7, 11) is 0. The molecule has 0 aliphatic rings. The van der Waals surface area contributed by atoms with Crippen LogP contribution in [0.2, 0.25) is 0 Å². The van der Waals surface area contributed by atoms with Gasteiger partial charge in [0.15, 0.2) is 0 Å². The van der Waals surface area contributed by atoms with Crippen molar-refractivity contribution in [1.29, 1.82) is 0 Å². The van der Waals surface area contributed by atoms with Gasteiger partial charge in [-0.15, -0.1) is 11.3 Å². The van der Waals surface area contributed by atoms with Crippen molar-refractivity contribution in [1.82, 2.24) is 4.98 Å². The minimum atomic E-state index is 0.611. The first kappa shape index (κ1) is 8.70. The quantitative estimate of drug-likeness (QED) is 0.669. The van der Waals surface area contributed by atoms with Crippen molar-refractivity contribution < 1.29 is 0 Å². The van der Waals surface area contributed by atoms with Crippen LogP contribution in [-0.2, 0) is 0 Å². The summed E-state index contributed by atoms with van der Waals surface area (Å²) in [6.07, 6.45) is 0. The molecule has 68 valence electrons. The standard InChI is InChI=1S/C11H13NS/c1-7(2)11-6-9-10(13-11)5-4-8(3)12-9/h4-7H,1-3H3. The van der Waals surface area contributed by atoms with Gasteiger partial charge in [-0.2, -0.15) is 0 Å². The lowest BCUT2D eigenvalue weighted by Gasteiger charge is -1.95. The van der Waals surface area contributed by atoms with Gasteiger partial charge in [0.2, 0.25) is 0 Å². The highest BCUT2D eigenvalue weighted by Gasteiger charge is 2.05. The summed E-state index contributed by atoms with van der Waals surface area (Å²) in [4.78, 5) is 5.91. The third-order valence-corrected chi connectivity index (χ3v) is 3.49. The highest BCUT2D eigenvalue weighted by atomic mass is 32.1. The van der Waals surface area contributed by atoms with Crippen LogP contribution in [0.5, 0.6) is 0 Å². The lowest BCUT2D eigenvalue weighted by atomic mass is 10.2. The molecule has 2 aromatic heterocycles. The minimum absolute atomic E-state index is 0.611. The highest BCUT2D eigenvalue weighted by molar-refractivity contribution is 7.19. The number of hydrogen-bond donors (Lipinski definition) is 0. The summed E-state index contributed by atoms with van der Waals surface area (Å²) in [6, 6.07) is 6.44. The average molecular weight is 191 g/mol. The number of aromatic nitrogens is 1. The summed E-state index contributed by atoms with van der Waals surface area (Å²) in [6.45, 7) is 6.47. The van der Waals surface area contributed by atoms with E-state index in [4.69, 9.17) is 0 Å². The summed E-state index contributed by atoms with van der Waals surface area (Å²) in [5.74, 6) is 0.611. The van der Waals surface area contributed by atoms with Gasteiger partial charge in [0.1, 0.15) is 0 Å². The lowest BCUT2D eigenvalue weighted by molar-refractivity contribution is 0.890. The van der Waals surface area contributed by atoms with Gasteiger partial charge in [-0.05, 0) is 31.0 Å². The SMILES string of the molecule is Cc1ccc2sc(C(C)C)cc2n1. The maximum absolute atomic E-state index is 4.49. The Kier molecular flexibility index (Phi) is 2.08. The van der Waals surface area contributed by atoms with Crippen molar-refractivity contribution in [2.75, 3.05) is 0 Å². The molecule has 0 saturated carbocycles. The molecule has 0 atom stereocenters. The number of fused-ring (bicyclic) bond motifs is 1. The summed E-state index contributed by atoms with van der Waals surface area (Å²) >= 11 is 1.85. The number of thiophene rings is 1. The van der Waals surface area contributed by atoms with Gasteiger partial charge in [0.25, 0.3) is 0 Å². The Labute approximate surface area is 82.4 Å². The highest BCUT2D eigenvalue weighted by Crippen LogP contribution is 2.29. The van der Waals surface area contributed by atoms with Crippen LogP contribution in [0.4, 0.5) is 0 Å². The van der Waals surface area contributed by atoms with Crippen LogP contribution in [0.3, 0.4) is 0 Å². The van der Waals surface area contributed by atoms with Crippen molar-refractivity contribution >= 4 is 21.6 Å². The largest absolute Gasteiger partial charge is 0.252 e. The minimum Gasteiger partial charge on any atom is -0.252 e. The van der Waals surface area contributed by atoms with E-state index in [9.17, 15) is 0 Å². The molecule has 0 spiro atoms. The second kappa shape index (κ2) is 3.11. The molecule has 0 radical (unpaired) electrons. The van der Waals surface area contributed by atoms with Gasteiger partial charge in [0.05, 0.1) is 10.2 Å². The predicted octanol–water partition coefficient (Wildman–Crippen LogP) is 3.73. The van der Waals surface area contributed by atoms with E-state index in [0.717, 1.165) is 11.2 Å². The Bertz CT molecular complexity index is 429.